The van der Waals surface area contributed by atoms with E-state index in [2.05, 4.69) is 4.72 Å². The van der Waals surface area contributed by atoms with Gasteiger partial charge < -0.3 is 5.73 Å². The molecule has 21 heavy (non-hydrogen) atoms. The second-order valence-electron chi connectivity index (χ2n) is 4.59. The van der Waals surface area contributed by atoms with Gasteiger partial charge in [0.2, 0.25) is 10.0 Å². The Morgan fingerprint density at radius 1 is 1.10 bits per heavy atom. The SMILES string of the molecule is N#Cc1ccc(CNS(=O)(=O)Cc2ccccc2N)cc1. The lowest BCUT2D eigenvalue weighted by Gasteiger charge is -2.08. The molecule has 6 heteroatoms. The van der Waals surface area contributed by atoms with Crippen molar-refractivity contribution in [3.63, 3.8) is 0 Å². The van der Waals surface area contributed by atoms with Crippen LogP contribution in [0.1, 0.15) is 16.7 Å². The van der Waals surface area contributed by atoms with Crippen LogP contribution < -0.4 is 10.5 Å². The molecule has 108 valence electrons. The minimum Gasteiger partial charge on any atom is -0.398 e. The van der Waals surface area contributed by atoms with Crippen molar-refractivity contribution in [3.8, 4) is 6.07 Å². The molecular formula is C15H15N3O2S. The molecule has 0 aliphatic carbocycles. The summed E-state index contributed by atoms with van der Waals surface area (Å²) in [6.07, 6.45) is 0. The first-order valence-electron chi connectivity index (χ1n) is 6.30. The van der Waals surface area contributed by atoms with Gasteiger partial charge in [0.15, 0.2) is 0 Å². The number of sulfonamides is 1. The smallest absolute Gasteiger partial charge is 0.216 e. The van der Waals surface area contributed by atoms with Crippen LogP contribution in [0, 0.1) is 11.3 Å². The average molecular weight is 301 g/mol. The van der Waals surface area contributed by atoms with Crippen molar-refractivity contribution < 1.29 is 8.42 Å². The number of anilines is 1. The highest BCUT2D eigenvalue weighted by molar-refractivity contribution is 7.88. The third-order valence-electron chi connectivity index (χ3n) is 2.98. The zero-order chi connectivity index (χ0) is 15.3. The molecule has 5 nitrogen and oxygen atoms in total. The van der Waals surface area contributed by atoms with Crippen LogP contribution >= 0.6 is 0 Å². The van der Waals surface area contributed by atoms with E-state index in [1.807, 2.05) is 6.07 Å². The van der Waals surface area contributed by atoms with Crippen molar-refractivity contribution in [1.82, 2.24) is 4.72 Å². The summed E-state index contributed by atoms with van der Waals surface area (Å²) < 4.78 is 26.6. The molecule has 0 atom stereocenters. The fourth-order valence-corrected chi connectivity index (χ4v) is 2.97. The van der Waals surface area contributed by atoms with Gasteiger partial charge in [-0.05, 0) is 29.3 Å². The van der Waals surface area contributed by atoms with Crippen LogP contribution in [0.15, 0.2) is 48.5 Å². The van der Waals surface area contributed by atoms with Crippen molar-refractivity contribution in [2.75, 3.05) is 5.73 Å². The van der Waals surface area contributed by atoms with Gasteiger partial charge in [0.05, 0.1) is 17.4 Å². The number of hydrogen-bond donors (Lipinski definition) is 2. The van der Waals surface area contributed by atoms with E-state index in [0.717, 1.165) is 5.56 Å². The van der Waals surface area contributed by atoms with E-state index in [9.17, 15) is 8.42 Å². The second-order valence-corrected chi connectivity index (χ2v) is 6.39. The third-order valence-corrected chi connectivity index (χ3v) is 4.26. The van der Waals surface area contributed by atoms with Crippen LogP contribution in [-0.2, 0) is 22.3 Å². The minimum atomic E-state index is -3.47. The maximum absolute atomic E-state index is 12.0. The molecular weight excluding hydrogens is 286 g/mol. The van der Waals surface area contributed by atoms with Crippen LogP contribution in [0.4, 0.5) is 5.69 Å². The van der Waals surface area contributed by atoms with Gasteiger partial charge in [0.1, 0.15) is 0 Å². The maximum Gasteiger partial charge on any atom is 0.216 e. The van der Waals surface area contributed by atoms with Gasteiger partial charge in [0.25, 0.3) is 0 Å². The lowest BCUT2D eigenvalue weighted by Crippen LogP contribution is -2.25. The molecule has 0 aliphatic rings. The molecule has 2 aromatic carbocycles. The molecule has 0 saturated carbocycles. The van der Waals surface area contributed by atoms with Crippen molar-refractivity contribution in [2.45, 2.75) is 12.3 Å². The number of hydrogen-bond acceptors (Lipinski definition) is 4. The summed E-state index contributed by atoms with van der Waals surface area (Å²) in [5, 5.41) is 8.70. The van der Waals surface area contributed by atoms with Gasteiger partial charge in [-0.3, -0.25) is 0 Å². The quantitative estimate of drug-likeness (QED) is 0.822. The second kappa shape index (κ2) is 6.39. The number of para-hydroxylation sites is 1. The summed E-state index contributed by atoms with van der Waals surface area (Å²) in [5.74, 6) is -0.157. The van der Waals surface area contributed by atoms with Crippen molar-refractivity contribution in [1.29, 1.82) is 5.26 Å². The highest BCUT2D eigenvalue weighted by Gasteiger charge is 2.12. The molecule has 0 unspecified atom stereocenters. The number of nitrogens with zero attached hydrogens (tertiary/aromatic N) is 1. The number of benzene rings is 2. The van der Waals surface area contributed by atoms with Crippen LogP contribution in [0.25, 0.3) is 0 Å². The summed E-state index contributed by atoms with van der Waals surface area (Å²) in [7, 11) is -3.47. The Hall–Kier alpha value is -2.36. The van der Waals surface area contributed by atoms with Gasteiger partial charge >= 0.3 is 0 Å². The molecule has 0 radical (unpaired) electrons. The van der Waals surface area contributed by atoms with Crippen LogP contribution in [0.2, 0.25) is 0 Å². The molecule has 0 heterocycles. The first kappa shape index (κ1) is 15.0. The van der Waals surface area contributed by atoms with Crippen LogP contribution in [0.5, 0.6) is 0 Å². The van der Waals surface area contributed by atoms with E-state index >= 15 is 0 Å². The Morgan fingerprint density at radius 2 is 1.76 bits per heavy atom. The van der Waals surface area contributed by atoms with Gasteiger partial charge in [-0.15, -0.1) is 0 Å². The Morgan fingerprint density at radius 3 is 2.38 bits per heavy atom. The Bertz CT molecular complexity index is 762. The molecule has 0 bridgehead atoms. The number of nitrogens with one attached hydrogen (secondary N) is 1. The lowest BCUT2D eigenvalue weighted by atomic mass is 10.1. The van der Waals surface area contributed by atoms with Crippen LogP contribution in [-0.4, -0.2) is 8.42 Å². The molecule has 0 spiro atoms. The van der Waals surface area contributed by atoms with Gasteiger partial charge in [-0.25, -0.2) is 13.1 Å². The van der Waals surface area contributed by atoms with Crippen molar-refractivity contribution >= 4 is 15.7 Å². The highest BCUT2D eigenvalue weighted by Crippen LogP contribution is 2.14. The maximum atomic E-state index is 12.0. The summed E-state index contributed by atoms with van der Waals surface area (Å²) >= 11 is 0. The fraction of sp³-hybridized carbons (Fsp3) is 0.133. The molecule has 0 amide bonds. The Kier molecular flexibility index (Phi) is 4.58. The Labute approximate surface area is 124 Å². The van der Waals surface area contributed by atoms with Gasteiger partial charge in [0, 0.05) is 12.2 Å². The largest absolute Gasteiger partial charge is 0.398 e. The number of nitriles is 1. The normalized spacial score (nSPS) is 11.0. The molecule has 0 aliphatic heterocycles. The first-order valence-corrected chi connectivity index (χ1v) is 7.95. The minimum absolute atomic E-state index is 0.157. The summed E-state index contributed by atoms with van der Waals surface area (Å²) in [4.78, 5) is 0. The number of nitrogens with two attached hydrogens (primary N) is 1. The third kappa shape index (κ3) is 4.31. The molecule has 3 N–H and O–H groups in total. The van der Waals surface area contributed by atoms with E-state index in [0.29, 0.717) is 16.8 Å². The summed E-state index contributed by atoms with van der Waals surface area (Å²) in [6.45, 7) is 0.181. The Balaban J connectivity index is 2.01. The molecule has 2 aromatic rings. The topological polar surface area (TPSA) is 96.0 Å². The zero-order valence-corrected chi connectivity index (χ0v) is 12.1. The van der Waals surface area contributed by atoms with E-state index in [1.54, 1.807) is 48.5 Å². The summed E-state index contributed by atoms with van der Waals surface area (Å²) in [6, 6.07) is 15.6. The first-order chi connectivity index (χ1) is 10.00. The zero-order valence-electron chi connectivity index (χ0n) is 11.3. The molecule has 2 rings (SSSR count). The van der Waals surface area contributed by atoms with Crippen LogP contribution in [0.3, 0.4) is 0 Å². The molecule has 0 aromatic heterocycles. The predicted octanol–water partition coefficient (Wildman–Crippen LogP) is 1.76. The van der Waals surface area contributed by atoms with E-state index in [-0.39, 0.29) is 12.3 Å². The summed E-state index contributed by atoms with van der Waals surface area (Å²) in [5.41, 5.74) is 8.11. The van der Waals surface area contributed by atoms with E-state index in [4.69, 9.17) is 11.0 Å². The number of rotatable bonds is 5. The molecule has 0 fully saturated rings. The van der Waals surface area contributed by atoms with Crippen molar-refractivity contribution in [3.05, 3.63) is 65.2 Å². The monoisotopic (exact) mass is 301 g/mol. The predicted molar refractivity (Wildman–Crippen MR) is 81.5 cm³/mol. The van der Waals surface area contributed by atoms with Gasteiger partial charge in [-0.1, -0.05) is 30.3 Å². The van der Waals surface area contributed by atoms with E-state index < -0.39 is 10.0 Å². The molecule has 0 saturated heterocycles. The highest BCUT2D eigenvalue weighted by atomic mass is 32.2. The van der Waals surface area contributed by atoms with E-state index in [1.165, 1.54) is 0 Å². The standard InChI is InChI=1S/C15H15N3O2S/c16-9-12-5-7-13(8-6-12)10-18-21(19,20)11-14-3-1-2-4-15(14)17/h1-8,18H,10-11,17H2. The number of nitrogen functional groups attached to an aromatic ring is 1. The average Bonchev–Trinajstić information content (AvgIpc) is 2.48. The lowest BCUT2D eigenvalue weighted by molar-refractivity contribution is 0.580. The fourth-order valence-electron chi connectivity index (χ4n) is 1.81. The van der Waals surface area contributed by atoms with Crippen molar-refractivity contribution in [2.24, 2.45) is 0 Å². The van der Waals surface area contributed by atoms with Gasteiger partial charge in [-0.2, -0.15) is 5.26 Å².